The van der Waals surface area contributed by atoms with Gasteiger partial charge in [-0.25, -0.2) is 13.1 Å². The first-order chi connectivity index (χ1) is 9.58. The highest BCUT2D eigenvalue weighted by atomic mass is 35.5. The van der Waals surface area contributed by atoms with Crippen LogP contribution in [0.25, 0.3) is 10.8 Å². The Hall–Kier alpha value is -1.10. The molecule has 5 heteroatoms. The average Bonchev–Trinajstić information content (AvgIpc) is 2.83. The van der Waals surface area contributed by atoms with Gasteiger partial charge in [-0.1, -0.05) is 42.8 Å². The average molecular weight is 310 g/mol. The minimum atomic E-state index is -3.54. The largest absolute Gasteiger partial charge is 0.241 e. The number of hydrogen-bond donors (Lipinski definition) is 1. The summed E-state index contributed by atoms with van der Waals surface area (Å²) in [6.45, 7) is 0. The Morgan fingerprint density at radius 3 is 2.55 bits per heavy atom. The highest BCUT2D eigenvalue weighted by Crippen LogP contribution is 2.27. The van der Waals surface area contributed by atoms with Gasteiger partial charge in [0, 0.05) is 16.8 Å². The van der Waals surface area contributed by atoms with Crippen LogP contribution in [0.4, 0.5) is 0 Å². The molecule has 1 aliphatic carbocycles. The Kier molecular flexibility index (Phi) is 3.71. The molecule has 1 saturated carbocycles. The van der Waals surface area contributed by atoms with Gasteiger partial charge in [0.1, 0.15) is 0 Å². The van der Waals surface area contributed by atoms with Crippen LogP contribution in [-0.2, 0) is 10.0 Å². The standard InChI is InChI=1S/C15H16ClNO2S/c16-13-8-4-9-14(13)17-20(18,19)15-10-3-6-11-5-1-2-7-12(11)15/h1-3,5-7,10,13-14,17H,4,8-9H2. The molecule has 2 aromatic carbocycles. The summed E-state index contributed by atoms with van der Waals surface area (Å²) in [5, 5.41) is 1.55. The first kappa shape index (κ1) is 13.9. The van der Waals surface area contributed by atoms with E-state index in [0.717, 1.165) is 30.0 Å². The molecule has 2 atom stereocenters. The molecule has 1 fully saturated rings. The van der Waals surface area contributed by atoms with E-state index in [1.54, 1.807) is 12.1 Å². The molecule has 0 heterocycles. The van der Waals surface area contributed by atoms with E-state index in [2.05, 4.69) is 4.72 Å². The van der Waals surface area contributed by atoms with Gasteiger partial charge in [-0.3, -0.25) is 0 Å². The van der Waals surface area contributed by atoms with Gasteiger partial charge in [0.15, 0.2) is 0 Å². The van der Waals surface area contributed by atoms with Crippen LogP contribution in [0.1, 0.15) is 19.3 Å². The second kappa shape index (κ2) is 5.35. The molecule has 0 aliphatic heterocycles. The van der Waals surface area contributed by atoms with E-state index in [0.29, 0.717) is 4.90 Å². The highest BCUT2D eigenvalue weighted by Gasteiger charge is 2.30. The molecular weight excluding hydrogens is 294 g/mol. The lowest BCUT2D eigenvalue weighted by atomic mass is 10.1. The van der Waals surface area contributed by atoms with E-state index < -0.39 is 10.0 Å². The van der Waals surface area contributed by atoms with Crippen LogP contribution in [0.2, 0.25) is 0 Å². The molecule has 0 radical (unpaired) electrons. The van der Waals surface area contributed by atoms with Crippen molar-refractivity contribution in [3.63, 3.8) is 0 Å². The number of hydrogen-bond acceptors (Lipinski definition) is 2. The zero-order valence-corrected chi connectivity index (χ0v) is 12.5. The molecule has 0 bridgehead atoms. The van der Waals surface area contributed by atoms with E-state index >= 15 is 0 Å². The Labute approximate surface area is 124 Å². The third-order valence-corrected chi connectivity index (χ3v) is 5.85. The monoisotopic (exact) mass is 309 g/mol. The van der Waals surface area contributed by atoms with Crippen molar-refractivity contribution in [1.82, 2.24) is 4.72 Å². The molecule has 2 unspecified atom stereocenters. The second-order valence-corrected chi connectivity index (χ2v) is 7.39. The van der Waals surface area contributed by atoms with Crippen molar-refractivity contribution >= 4 is 32.4 Å². The number of fused-ring (bicyclic) bond motifs is 1. The SMILES string of the molecule is O=S(=O)(NC1CCCC1Cl)c1cccc2ccccc12. The van der Waals surface area contributed by atoms with Crippen molar-refractivity contribution in [1.29, 1.82) is 0 Å². The lowest BCUT2D eigenvalue weighted by Gasteiger charge is -2.17. The molecule has 106 valence electrons. The minimum Gasteiger partial charge on any atom is -0.207 e. The summed E-state index contributed by atoms with van der Waals surface area (Å²) < 4.78 is 27.9. The Bertz CT molecular complexity index is 724. The van der Waals surface area contributed by atoms with Crippen molar-refractivity contribution in [2.24, 2.45) is 0 Å². The number of benzene rings is 2. The zero-order chi connectivity index (χ0) is 14.2. The van der Waals surface area contributed by atoms with Gasteiger partial charge in [-0.2, -0.15) is 0 Å². The Balaban J connectivity index is 2.01. The summed E-state index contributed by atoms with van der Waals surface area (Å²) in [7, 11) is -3.54. The summed E-state index contributed by atoms with van der Waals surface area (Å²) in [5.74, 6) is 0. The summed E-state index contributed by atoms with van der Waals surface area (Å²) >= 11 is 6.16. The number of nitrogens with one attached hydrogen (secondary N) is 1. The molecular formula is C15H16ClNO2S. The van der Waals surface area contributed by atoms with Crippen molar-refractivity contribution in [3.05, 3.63) is 42.5 Å². The minimum absolute atomic E-state index is 0.111. The van der Waals surface area contributed by atoms with E-state index in [1.807, 2.05) is 30.3 Å². The van der Waals surface area contributed by atoms with Gasteiger partial charge in [-0.05, 0) is 24.3 Å². The van der Waals surface area contributed by atoms with E-state index in [1.165, 1.54) is 0 Å². The van der Waals surface area contributed by atoms with Gasteiger partial charge >= 0.3 is 0 Å². The molecule has 3 rings (SSSR count). The molecule has 1 aliphatic rings. The predicted molar refractivity (Wildman–Crippen MR) is 81.5 cm³/mol. The van der Waals surface area contributed by atoms with Crippen LogP contribution in [0.15, 0.2) is 47.4 Å². The lowest BCUT2D eigenvalue weighted by molar-refractivity contribution is 0.554. The molecule has 20 heavy (non-hydrogen) atoms. The topological polar surface area (TPSA) is 46.2 Å². The number of alkyl halides is 1. The van der Waals surface area contributed by atoms with Crippen molar-refractivity contribution in [3.8, 4) is 0 Å². The molecule has 0 saturated heterocycles. The molecule has 0 aromatic heterocycles. The van der Waals surface area contributed by atoms with E-state index in [-0.39, 0.29) is 11.4 Å². The van der Waals surface area contributed by atoms with Crippen LogP contribution >= 0.6 is 11.6 Å². The maximum atomic E-state index is 12.6. The van der Waals surface area contributed by atoms with E-state index in [9.17, 15) is 8.42 Å². The maximum Gasteiger partial charge on any atom is 0.241 e. The summed E-state index contributed by atoms with van der Waals surface area (Å²) in [4.78, 5) is 0.325. The third kappa shape index (κ3) is 2.55. The van der Waals surface area contributed by atoms with Gasteiger partial charge < -0.3 is 0 Å². The summed E-state index contributed by atoms with van der Waals surface area (Å²) in [6.07, 6.45) is 2.64. The van der Waals surface area contributed by atoms with Crippen LogP contribution in [-0.4, -0.2) is 19.8 Å². The number of halogens is 1. The van der Waals surface area contributed by atoms with Gasteiger partial charge in [0.25, 0.3) is 0 Å². The molecule has 0 amide bonds. The summed E-state index contributed by atoms with van der Waals surface area (Å²) in [6, 6.07) is 12.6. The number of sulfonamides is 1. The van der Waals surface area contributed by atoms with Crippen molar-refractivity contribution < 1.29 is 8.42 Å². The molecule has 0 spiro atoms. The van der Waals surface area contributed by atoms with Crippen LogP contribution in [0, 0.1) is 0 Å². The molecule has 2 aromatic rings. The highest BCUT2D eigenvalue weighted by molar-refractivity contribution is 7.89. The fourth-order valence-electron chi connectivity index (χ4n) is 2.74. The van der Waals surface area contributed by atoms with E-state index in [4.69, 9.17) is 11.6 Å². The van der Waals surface area contributed by atoms with Crippen LogP contribution in [0.3, 0.4) is 0 Å². The third-order valence-electron chi connectivity index (χ3n) is 3.78. The summed E-state index contributed by atoms with van der Waals surface area (Å²) in [5.41, 5.74) is 0. The van der Waals surface area contributed by atoms with Crippen LogP contribution in [0.5, 0.6) is 0 Å². The van der Waals surface area contributed by atoms with Crippen molar-refractivity contribution in [2.45, 2.75) is 35.6 Å². The quantitative estimate of drug-likeness (QED) is 0.884. The zero-order valence-electron chi connectivity index (χ0n) is 10.9. The lowest BCUT2D eigenvalue weighted by Crippen LogP contribution is -2.37. The smallest absolute Gasteiger partial charge is 0.207 e. The fraction of sp³-hybridized carbons (Fsp3) is 0.333. The number of rotatable bonds is 3. The molecule has 1 N–H and O–H groups in total. The van der Waals surface area contributed by atoms with Gasteiger partial charge in [-0.15, -0.1) is 11.6 Å². The maximum absolute atomic E-state index is 12.6. The second-order valence-electron chi connectivity index (χ2n) is 5.15. The first-order valence-corrected chi connectivity index (χ1v) is 8.64. The first-order valence-electron chi connectivity index (χ1n) is 6.72. The molecule has 3 nitrogen and oxygen atoms in total. The van der Waals surface area contributed by atoms with Gasteiger partial charge in [0.05, 0.1) is 4.90 Å². The fourth-order valence-corrected chi connectivity index (χ4v) is 4.70. The normalized spacial score (nSPS) is 23.2. The Morgan fingerprint density at radius 2 is 1.80 bits per heavy atom. The Morgan fingerprint density at radius 1 is 1.05 bits per heavy atom. The predicted octanol–water partition coefficient (Wildman–Crippen LogP) is 3.28. The van der Waals surface area contributed by atoms with Gasteiger partial charge in [0.2, 0.25) is 10.0 Å². The van der Waals surface area contributed by atoms with Crippen LogP contribution < -0.4 is 4.72 Å². The van der Waals surface area contributed by atoms with Crippen molar-refractivity contribution in [2.75, 3.05) is 0 Å².